The van der Waals surface area contributed by atoms with Crippen molar-refractivity contribution in [3.63, 3.8) is 0 Å². The fourth-order valence-corrected chi connectivity index (χ4v) is 2.94. The van der Waals surface area contributed by atoms with Crippen molar-refractivity contribution >= 4 is 0 Å². The summed E-state index contributed by atoms with van der Waals surface area (Å²) in [6.45, 7) is 6.78. The van der Waals surface area contributed by atoms with E-state index in [0.717, 1.165) is 18.2 Å². The van der Waals surface area contributed by atoms with Crippen LogP contribution in [-0.4, -0.2) is 31.1 Å². The third-order valence-corrected chi connectivity index (χ3v) is 4.25. The molecule has 1 aromatic rings. The first-order chi connectivity index (χ1) is 9.10. The number of likely N-dealkylation sites (tertiary alicyclic amines) is 1. The summed E-state index contributed by atoms with van der Waals surface area (Å²) in [4.78, 5) is 2.52. The van der Waals surface area contributed by atoms with Crippen molar-refractivity contribution in [2.24, 2.45) is 11.7 Å². The first-order valence-corrected chi connectivity index (χ1v) is 7.23. The topological polar surface area (TPSA) is 38.5 Å². The summed E-state index contributed by atoms with van der Waals surface area (Å²) in [6.07, 6.45) is 2.58. The predicted molar refractivity (Wildman–Crippen MR) is 79.4 cm³/mol. The number of nitrogens with two attached hydrogens (primary N) is 1. The molecule has 1 aliphatic heterocycles. The minimum atomic E-state index is 0.0850. The maximum Gasteiger partial charge on any atom is 0.118 e. The summed E-state index contributed by atoms with van der Waals surface area (Å²) in [5.74, 6) is 1.74. The van der Waals surface area contributed by atoms with E-state index in [4.69, 9.17) is 10.5 Å². The van der Waals surface area contributed by atoms with Gasteiger partial charge in [0.1, 0.15) is 5.75 Å². The van der Waals surface area contributed by atoms with Gasteiger partial charge in [-0.1, -0.05) is 19.1 Å². The van der Waals surface area contributed by atoms with Crippen LogP contribution in [-0.2, 0) is 0 Å². The molecule has 1 aliphatic rings. The molecule has 1 fully saturated rings. The van der Waals surface area contributed by atoms with Gasteiger partial charge in [0.25, 0.3) is 0 Å². The molecular formula is C16H26N2O. The molecule has 0 aliphatic carbocycles. The summed E-state index contributed by atoms with van der Waals surface area (Å²) in [5, 5.41) is 0. The highest BCUT2D eigenvalue weighted by molar-refractivity contribution is 5.29. The zero-order valence-electron chi connectivity index (χ0n) is 12.3. The zero-order chi connectivity index (χ0) is 13.8. The number of hydrogen-bond acceptors (Lipinski definition) is 3. The Morgan fingerprint density at radius 3 is 2.58 bits per heavy atom. The molecule has 19 heavy (non-hydrogen) atoms. The van der Waals surface area contributed by atoms with Crippen molar-refractivity contribution in [3.8, 4) is 5.75 Å². The van der Waals surface area contributed by atoms with Gasteiger partial charge < -0.3 is 10.5 Å². The molecule has 106 valence electrons. The van der Waals surface area contributed by atoms with Crippen LogP contribution in [0.25, 0.3) is 0 Å². The molecule has 0 bridgehead atoms. The molecule has 0 amide bonds. The molecule has 0 spiro atoms. The van der Waals surface area contributed by atoms with Gasteiger partial charge >= 0.3 is 0 Å². The van der Waals surface area contributed by atoms with Crippen LogP contribution in [0, 0.1) is 5.92 Å². The molecule has 0 aromatic heterocycles. The van der Waals surface area contributed by atoms with Crippen LogP contribution in [0.5, 0.6) is 5.75 Å². The van der Waals surface area contributed by atoms with E-state index in [1.807, 2.05) is 12.1 Å². The van der Waals surface area contributed by atoms with Crippen LogP contribution in [0.4, 0.5) is 0 Å². The lowest BCUT2D eigenvalue weighted by atomic mass is 9.92. The van der Waals surface area contributed by atoms with Gasteiger partial charge in [0.2, 0.25) is 0 Å². The quantitative estimate of drug-likeness (QED) is 0.907. The van der Waals surface area contributed by atoms with Crippen molar-refractivity contribution < 1.29 is 4.74 Å². The van der Waals surface area contributed by atoms with Gasteiger partial charge in [-0.2, -0.15) is 0 Å². The van der Waals surface area contributed by atoms with E-state index < -0.39 is 0 Å². The van der Waals surface area contributed by atoms with Gasteiger partial charge in [-0.15, -0.1) is 0 Å². The number of methoxy groups -OCH3 is 1. The molecule has 1 heterocycles. The Labute approximate surface area is 116 Å². The molecule has 1 saturated heterocycles. The van der Waals surface area contributed by atoms with Crippen molar-refractivity contribution in [2.45, 2.75) is 38.8 Å². The van der Waals surface area contributed by atoms with E-state index in [1.165, 1.54) is 24.9 Å². The van der Waals surface area contributed by atoms with E-state index in [-0.39, 0.29) is 6.04 Å². The van der Waals surface area contributed by atoms with Crippen LogP contribution in [0.15, 0.2) is 24.3 Å². The van der Waals surface area contributed by atoms with E-state index in [9.17, 15) is 0 Å². The Kier molecular flexibility index (Phi) is 4.83. The second-order valence-electron chi connectivity index (χ2n) is 5.85. The number of rotatable bonds is 4. The molecule has 2 rings (SSSR count). The lowest BCUT2D eigenvalue weighted by molar-refractivity contribution is 0.122. The average molecular weight is 262 g/mol. The van der Waals surface area contributed by atoms with Gasteiger partial charge in [0, 0.05) is 18.6 Å². The molecular weight excluding hydrogens is 236 g/mol. The zero-order valence-corrected chi connectivity index (χ0v) is 12.3. The van der Waals surface area contributed by atoms with E-state index in [1.54, 1.807) is 7.11 Å². The minimum Gasteiger partial charge on any atom is -0.497 e. The van der Waals surface area contributed by atoms with Crippen LogP contribution >= 0.6 is 0 Å². The Bertz CT molecular complexity index is 390. The lowest BCUT2D eigenvalue weighted by Gasteiger charge is -2.37. The summed E-state index contributed by atoms with van der Waals surface area (Å²) >= 11 is 0. The fourth-order valence-electron chi connectivity index (χ4n) is 2.94. The molecule has 3 unspecified atom stereocenters. The number of benzene rings is 1. The average Bonchev–Trinajstić information content (AvgIpc) is 2.42. The number of ether oxygens (including phenoxy) is 1. The molecule has 1 aromatic carbocycles. The maximum atomic E-state index is 6.33. The Morgan fingerprint density at radius 2 is 2.00 bits per heavy atom. The second-order valence-corrected chi connectivity index (χ2v) is 5.85. The lowest BCUT2D eigenvalue weighted by Crippen LogP contribution is -2.43. The van der Waals surface area contributed by atoms with Gasteiger partial charge in [-0.05, 0) is 49.9 Å². The summed E-state index contributed by atoms with van der Waals surface area (Å²) < 4.78 is 5.18. The van der Waals surface area contributed by atoms with Gasteiger partial charge in [0.05, 0.1) is 7.11 Å². The Morgan fingerprint density at radius 1 is 1.32 bits per heavy atom. The van der Waals surface area contributed by atoms with Crippen LogP contribution < -0.4 is 10.5 Å². The monoisotopic (exact) mass is 262 g/mol. The van der Waals surface area contributed by atoms with Crippen molar-refractivity contribution in [2.75, 3.05) is 20.2 Å². The predicted octanol–water partition coefficient (Wildman–Crippen LogP) is 2.82. The highest BCUT2D eigenvalue weighted by atomic mass is 16.5. The Balaban J connectivity index is 1.94. The molecule has 3 nitrogen and oxygen atoms in total. The van der Waals surface area contributed by atoms with E-state index in [0.29, 0.717) is 6.04 Å². The molecule has 2 N–H and O–H groups in total. The minimum absolute atomic E-state index is 0.0850. The number of piperidine rings is 1. The maximum absolute atomic E-state index is 6.33. The van der Waals surface area contributed by atoms with Crippen LogP contribution in [0.3, 0.4) is 0 Å². The highest BCUT2D eigenvalue weighted by Crippen LogP contribution is 2.24. The summed E-state index contributed by atoms with van der Waals surface area (Å²) in [7, 11) is 1.69. The summed E-state index contributed by atoms with van der Waals surface area (Å²) in [5.41, 5.74) is 7.52. The van der Waals surface area contributed by atoms with Crippen molar-refractivity contribution in [1.29, 1.82) is 0 Å². The third-order valence-electron chi connectivity index (χ3n) is 4.25. The van der Waals surface area contributed by atoms with Crippen molar-refractivity contribution in [1.82, 2.24) is 4.90 Å². The number of nitrogens with zero attached hydrogens (tertiary/aromatic N) is 1. The first kappa shape index (κ1) is 14.4. The second kappa shape index (κ2) is 6.40. The van der Waals surface area contributed by atoms with Crippen LogP contribution in [0.1, 0.15) is 38.3 Å². The smallest absolute Gasteiger partial charge is 0.118 e. The van der Waals surface area contributed by atoms with E-state index >= 15 is 0 Å². The largest absolute Gasteiger partial charge is 0.497 e. The molecule has 0 saturated carbocycles. The van der Waals surface area contributed by atoms with Gasteiger partial charge in [0.15, 0.2) is 0 Å². The Hall–Kier alpha value is -1.06. The van der Waals surface area contributed by atoms with E-state index in [2.05, 4.69) is 30.9 Å². The first-order valence-electron chi connectivity index (χ1n) is 7.23. The normalized spacial score (nSPS) is 26.1. The van der Waals surface area contributed by atoms with Gasteiger partial charge in [-0.25, -0.2) is 0 Å². The molecule has 0 radical (unpaired) electrons. The van der Waals surface area contributed by atoms with Crippen molar-refractivity contribution in [3.05, 3.63) is 29.8 Å². The SMILES string of the molecule is COc1ccc(C(N)CN2CCC(C)CC2C)cc1. The fraction of sp³-hybridized carbons (Fsp3) is 0.625. The summed E-state index contributed by atoms with van der Waals surface area (Å²) in [6, 6.07) is 8.84. The number of hydrogen-bond donors (Lipinski definition) is 1. The molecule has 3 atom stereocenters. The van der Waals surface area contributed by atoms with Crippen LogP contribution in [0.2, 0.25) is 0 Å². The third kappa shape index (κ3) is 3.71. The highest BCUT2D eigenvalue weighted by Gasteiger charge is 2.24. The standard InChI is InChI=1S/C16H26N2O/c1-12-8-9-18(13(2)10-12)11-16(17)14-4-6-15(19-3)7-5-14/h4-7,12-13,16H,8-11,17H2,1-3H3. The molecule has 3 heteroatoms. The van der Waals surface area contributed by atoms with Gasteiger partial charge in [-0.3, -0.25) is 4.90 Å².